The molecule has 0 aromatic carbocycles. The lowest BCUT2D eigenvalue weighted by molar-refractivity contribution is 0.238. The van der Waals surface area contributed by atoms with Crippen molar-refractivity contribution in [1.29, 1.82) is 0 Å². The zero-order valence-electron chi connectivity index (χ0n) is 11.1. The summed E-state index contributed by atoms with van der Waals surface area (Å²) in [5.41, 5.74) is 0.690. The Kier molecular flexibility index (Phi) is 5.35. The highest BCUT2D eigenvalue weighted by atomic mass is 16.2. The van der Waals surface area contributed by atoms with Crippen LogP contribution in [0.5, 0.6) is 0 Å². The van der Waals surface area contributed by atoms with Crippen LogP contribution in [0, 0.1) is 0 Å². The lowest BCUT2D eigenvalue weighted by Crippen LogP contribution is -2.41. The first-order chi connectivity index (χ1) is 8.52. The van der Waals surface area contributed by atoms with Crippen LogP contribution in [-0.2, 0) is 13.0 Å². The molecule has 6 heteroatoms. The second-order valence-corrected chi connectivity index (χ2v) is 4.32. The Balaban J connectivity index is 2.45. The lowest BCUT2D eigenvalue weighted by Gasteiger charge is -2.10. The Morgan fingerprint density at radius 2 is 2.22 bits per heavy atom. The number of carbonyl (C=O) groups is 1. The molecular formula is C12H20N4O2. The number of hydrogen-bond acceptors (Lipinski definition) is 3. The Bertz CT molecular complexity index is 454. The summed E-state index contributed by atoms with van der Waals surface area (Å²) in [7, 11) is 0. The van der Waals surface area contributed by atoms with Crippen LogP contribution in [0.1, 0.15) is 26.5 Å². The number of amides is 2. The summed E-state index contributed by atoms with van der Waals surface area (Å²) in [4.78, 5) is 27.1. The van der Waals surface area contributed by atoms with E-state index in [1.165, 1.54) is 17.0 Å². The summed E-state index contributed by atoms with van der Waals surface area (Å²) in [5.74, 6) is 0. The van der Waals surface area contributed by atoms with Gasteiger partial charge in [0.2, 0.25) is 0 Å². The molecule has 0 radical (unpaired) electrons. The largest absolute Gasteiger partial charge is 0.336 e. The van der Waals surface area contributed by atoms with E-state index >= 15 is 0 Å². The minimum Gasteiger partial charge on any atom is -0.336 e. The topological polar surface area (TPSA) is 76.0 Å². The smallest absolute Gasteiger partial charge is 0.315 e. The maximum atomic E-state index is 11.6. The summed E-state index contributed by atoms with van der Waals surface area (Å²) in [6, 6.07) is 1.39. The highest BCUT2D eigenvalue weighted by Gasteiger charge is 2.02. The molecule has 0 unspecified atom stereocenters. The quantitative estimate of drug-likeness (QED) is 0.802. The Morgan fingerprint density at radius 1 is 1.50 bits per heavy atom. The van der Waals surface area contributed by atoms with Gasteiger partial charge in [-0.3, -0.25) is 9.36 Å². The van der Waals surface area contributed by atoms with E-state index in [2.05, 4.69) is 15.6 Å². The molecule has 18 heavy (non-hydrogen) atoms. The van der Waals surface area contributed by atoms with E-state index in [0.29, 0.717) is 13.1 Å². The van der Waals surface area contributed by atoms with Crippen molar-refractivity contribution in [3.8, 4) is 0 Å². The molecule has 0 aliphatic heterocycles. The molecule has 0 aliphatic rings. The Morgan fingerprint density at radius 3 is 2.78 bits per heavy atom. The third kappa shape index (κ3) is 4.57. The van der Waals surface area contributed by atoms with Crippen LogP contribution >= 0.6 is 0 Å². The highest BCUT2D eigenvalue weighted by Crippen LogP contribution is 1.89. The van der Waals surface area contributed by atoms with Gasteiger partial charge in [-0.05, 0) is 20.3 Å². The Hall–Kier alpha value is -1.85. The summed E-state index contributed by atoms with van der Waals surface area (Å²) in [5, 5.41) is 5.39. The minimum atomic E-state index is -0.226. The van der Waals surface area contributed by atoms with Crippen LogP contribution in [0.25, 0.3) is 0 Å². The van der Waals surface area contributed by atoms with Crippen LogP contribution < -0.4 is 16.2 Å². The average molecular weight is 252 g/mol. The number of rotatable bonds is 5. The number of aromatic nitrogens is 2. The van der Waals surface area contributed by atoms with Crippen molar-refractivity contribution < 1.29 is 4.79 Å². The van der Waals surface area contributed by atoms with Gasteiger partial charge in [0.15, 0.2) is 0 Å². The van der Waals surface area contributed by atoms with Gasteiger partial charge in [0, 0.05) is 30.9 Å². The summed E-state index contributed by atoms with van der Waals surface area (Å²) < 4.78 is 1.48. The normalized spacial score (nSPS) is 10.4. The lowest BCUT2D eigenvalue weighted by atomic mass is 10.3. The molecule has 0 atom stereocenters. The first kappa shape index (κ1) is 14.2. The van der Waals surface area contributed by atoms with Crippen LogP contribution in [0.15, 0.2) is 17.2 Å². The molecule has 6 nitrogen and oxygen atoms in total. The van der Waals surface area contributed by atoms with Gasteiger partial charge in [0.1, 0.15) is 0 Å². The van der Waals surface area contributed by atoms with E-state index in [-0.39, 0.29) is 17.6 Å². The van der Waals surface area contributed by atoms with E-state index < -0.39 is 0 Å². The molecule has 0 saturated carbocycles. The average Bonchev–Trinajstić information content (AvgIpc) is 2.30. The summed E-state index contributed by atoms with van der Waals surface area (Å²) in [6.45, 7) is 6.53. The van der Waals surface area contributed by atoms with Crippen molar-refractivity contribution in [1.82, 2.24) is 20.2 Å². The molecule has 0 bridgehead atoms. The molecule has 1 heterocycles. The number of aryl methyl sites for hydroxylation is 1. The van der Waals surface area contributed by atoms with Crippen molar-refractivity contribution in [3.05, 3.63) is 28.4 Å². The van der Waals surface area contributed by atoms with Crippen molar-refractivity contribution >= 4 is 6.03 Å². The third-order valence-electron chi connectivity index (χ3n) is 2.36. The zero-order chi connectivity index (χ0) is 13.5. The summed E-state index contributed by atoms with van der Waals surface area (Å²) in [6.07, 6.45) is 2.26. The van der Waals surface area contributed by atoms with E-state index in [4.69, 9.17) is 0 Å². The standard InChI is InChI=1S/C12H20N4O2/c1-4-10-7-11(17)16(8-14-10)6-5-13-12(18)15-9(2)3/h7-9H,4-6H2,1-3H3,(H2,13,15,18). The number of urea groups is 1. The molecule has 1 aromatic heterocycles. The molecule has 0 spiro atoms. The maximum Gasteiger partial charge on any atom is 0.315 e. The molecule has 100 valence electrons. The fourth-order valence-corrected chi connectivity index (χ4v) is 1.43. The van der Waals surface area contributed by atoms with E-state index in [0.717, 1.165) is 12.1 Å². The monoisotopic (exact) mass is 252 g/mol. The van der Waals surface area contributed by atoms with E-state index in [9.17, 15) is 9.59 Å². The summed E-state index contributed by atoms with van der Waals surface area (Å²) >= 11 is 0. The molecule has 0 aliphatic carbocycles. The van der Waals surface area contributed by atoms with Gasteiger partial charge in [-0.15, -0.1) is 0 Å². The molecule has 2 N–H and O–H groups in total. The van der Waals surface area contributed by atoms with Gasteiger partial charge in [-0.25, -0.2) is 9.78 Å². The highest BCUT2D eigenvalue weighted by molar-refractivity contribution is 5.73. The first-order valence-corrected chi connectivity index (χ1v) is 6.12. The van der Waals surface area contributed by atoms with Gasteiger partial charge in [0.05, 0.1) is 6.33 Å². The molecule has 1 aromatic rings. The van der Waals surface area contributed by atoms with Crippen LogP contribution in [0.3, 0.4) is 0 Å². The van der Waals surface area contributed by atoms with Gasteiger partial charge in [0.25, 0.3) is 5.56 Å². The first-order valence-electron chi connectivity index (χ1n) is 6.12. The zero-order valence-corrected chi connectivity index (χ0v) is 11.1. The van der Waals surface area contributed by atoms with Gasteiger partial charge in [-0.1, -0.05) is 6.92 Å². The predicted molar refractivity (Wildman–Crippen MR) is 69.5 cm³/mol. The van der Waals surface area contributed by atoms with Crippen molar-refractivity contribution in [2.45, 2.75) is 39.8 Å². The maximum absolute atomic E-state index is 11.6. The number of hydrogen-bond donors (Lipinski definition) is 2. The number of nitrogens with zero attached hydrogens (tertiary/aromatic N) is 2. The van der Waals surface area contributed by atoms with Gasteiger partial charge in [-0.2, -0.15) is 0 Å². The minimum absolute atomic E-state index is 0.0899. The molecule has 0 fully saturated rings. The predicted octanol–water partition coefficient (Wildman–Crippen LogP) is 0.513. The van der Waals surface area contributed by atoms with Gasteiger partial charge < -0.3 is 10.6 Å². The van der Waals surface area contributed by atoms with Crippen LogP contribution in [-0.4, -0.2) is 28.2 Å². The third-order valence-corrected chi connectivity index (χ3v) is 2.36. The Labute approximate surface area is 106 Å². The second kappa shape index (κ2) is 6.78. The van der Waals surface area contributed by atoms with Crippen LogP contribution in [0.4, 0.5) is 4.79 Å². The van der Waals surface area contributed by atoms with Gasteiger partial charge >= 0.3 is 6.03 Å². The molecule has 0 saturated heterocycles. The van der Waals surface area contributed by atoms with Crippen molar-refractivity contribution in [2.75, 3.05) is 6.54 Å². The van der Waals surface area contributed by atoms with Crippen molar-refractivity contribution in [2.24, 2.45) is 0 Å². The molecule has 1 rings (SSSR count). The number of nitrogens with one attached hydrogen (secondary N) is 2. The second-order valence-electron chi connectivity index (χ2n) is 4.32. The number of carbonyl (C=O) groups excluding carboxylic acids is 1. The van der Waals surface area contributed by atoms with Crippen LogP contribution in [0.2, 0.25) is 0 Å². The fourth-order valence-electron chi connectivity index (χ4n) is 1.43. The van der Waals surface area contributed by atoms with E-state index in [1.807, 2.05) is 20.8 Å². The van der Waals surface area contributed by atoms with Crippen molar-refractivity contribution in [3.63, 3.8) is 0 Å². The fraction of sp³-hybridized carbons (Fsp3) is 0.583. The van der Waals surface area contributed by atoms with E-state index in [1.54, 1.807) is 0 Å². The molecular weight excluding hydrogens is 232 g/mol. The molecule has 2 amide bonds. The SMILES string of the molecule is CCc1cc(=O)n(CCNC(=O)NC(C)C)cn1.